The standard InChI is InChI=1S/C20H13Cl2NO2/c21-13-7-5-11(16(22)10-13)9-12-6-8-15-18(20(24)25)14-3-1-2-4-17(14)23-19(12)15/h1-5,7,9-10H,6,8H2,(H,24,25)/p-1/b12-9+. The Kier molecular flexibility index (Phi) is 3.98. The maximum absolute atomic E-state index is 11.7. The number of hydrogen-bond donors (Lipinski definition) is 0. The molecule has 5 heteroatoms. The molecule has 0 saturated heterocycles. The number of allylic oxidation sites excluding steroid dienone is 1. The topological polar surface area (TPSA) is 53.0 Å². The molecule has 0 N–H and O–H groups in total. The lowest BCUT2D eigenvalue weighted by Gasteiger charge is -2.13. The summed E-state index contributed by atoms with van der Waals surface area (Å²) in [4.78, 5) is 16.4. The summed E-state index contributed by atoms with van der Waals surface area (Å²) in [6.45, 7) is 0. The number of nitrogens with zero attached hydrogens (tertiary/aromatic N) is 1. The molecule has 0 fully saturated rings. The van der Waals surface area contributed by atoms with E-state index in [1.54, 1.807) is 18.2 Å². The molecule has 1 aliphatic carbocycles. The molecule has 1 heterocycles. The highest BCUT2D eigenvalue weighted by Crippen LogP contribution is 2.38. The Hall–Kier alpha value is -2.36. The van der Waals surface area contributed by atoms with Gasteiger partial charge in [0.1, 0.15) is 0 Å². The van der Waals surface area contributed by atoms with Gasteiger partial charge in [-0.25, -0.2) is 4.98 Å². The van der Waals surface area contributed by atoms with E-state index in [0.717, 1.165) is 16.7 Å². The Bertz CT molecular complexity index is 1060. The van der Waals surface area contributed by atoms with Gasteiger partial charge in [-0.3, -0.25) is 0 Å². The number of carboxylic acid groups (broad SMARTS) is 1. The van der Waals surface area contributed by atoms with Gasteiger partial charge >= 0.3 is 0 Å². The number of fused-ring (bicyclic) bond motifs is 2. The van der Waals surface area contributed by atoms with Crippen LogP contribution in [0.25, 0.3) is 22.6 Å². The molecular formula is C20H12Cl2NO2-. The molecule has 0 amide bonds. The van der Waals surface area contributed by atoms with Gasteiger partial charge in [-0.1, -0.05) is 47.5 Å². The number of benzene rings is 2. The van der Waals surface area contributed by atoms with Crippen LogP contribution < -0.4 is 5.11 Å². The minimum atomic E-state index is -1.17. The molecule has 3 nitrogen and oxygen atoms in total. The Labute approximate surface area is 154 Å². The minimum Gasteiger partial charge on any atom is -0.545 e. The molecule has 0 radical (unpaired) electrons. The third-order valence-electron chi connectivity index (χ3n) is 4.44. The summed E-state index contributed by atoms with van der Waals surface area (Å²) in [6, 6.07) is 12.5. The molecule has 0 spiro atoms. The molecular weight excluding hydrogens is 357 g/mol. The maximum atomic E-state index is 11.7. The fourth-order valence-electron chi connectivity index (χ4n) is 3.32. The van der Waals surface area contributed by atoms with Crippen LogP contribution in [0.2, 0.25) is 10.0 Å². The monoisotopic (exact) mass is 368 g/mol. The van der Waals surface area contributed by atoms with E-state index in [4.69, 9.17) is 28.2 Å². The van der Waals surface area contributed by atoms with Crippen LogP contribution in [0.1, 0.15) is 33.6 Å². The molecule has 25 heavy (non-hydrogen) atoms. The van der Waals surface area contributed by atoms with E-state index >= 15 is 0 Å². The van der Waals surface area contributed by atoms with Crippen LogP contribution in [0.15, 0.2) is 42.5 Å². The number of aromatic nitrogens is 1. The zero-order valence-electron chi connectivity index (χ0n) is 13.1. The van der Waals surface area contributed by atoms with Gasteiger partial charge in [0, 0.05) is 21.0 Å². The van der Waals surface area contributed by atoms with E-state index in [1.165, 1.54) is 0 Å². The first-order valence-corrected chi connectivity index (χ1v) is 8.59. The second kappa shape index (κ2) is 6.17. The first-order valence-electron chi connectivity index (χ1n) is 7.83. The third kappa shape index (κ3) is 2.80. The number of hydrogen-bond acceptors (Lipinski definition) is 3. The van der Waals surface area contributed by atoms with Crippen LogP contribution in [0.4, 0.5) is 0 Å². The number of halogens is 2. The van der Waals surface area contributed by atoms with Crippen LogP contribution in [0.5, 0.6) is 0 Å². The number of rotatable bonds is 2. The molecule has 0 unspecified atom stereocenters. The first kappa shape index (κ1) is 16.1. The van der Waals surface area contributed by atoms with Crippen LogP contribution in [0, 0.1) is 0 Å². The smallest absolute Gasteiger partial charge is 0.0725 e. The van der Waals surface area contributed by atoms with E-state index in [0.29, 0.717) is 39.5 Å². The molecule has 0 aliphatic heterocycles. The zero-order valence-corrected chi connectivity index (χ0v) is 14.6. The van der Waals surface area contributed by atoms with Crippen molar-refractivity contribution >= 4 is 51.7 Å². The summed E-state index contributed by atoms with van der Waals surface area (Å²) >= 11 is 12.2. The van der Waals surface area contributed by atoms with Crippen molar-refractivity contribution in [3.8, 4) is 0 Å². The number of aromatic carboxylic acids is 1. The van der Waals surface area contributed by atoms with Crippen LogP contribution >= 0.6 is 23.2 Å². The molecule has 1 aromatic heterocycles. The maximum Gasteiger partial charge on any atom is 0.0725 e. The molecule has 3 aromatic rings. The van der Waals surface area contributed by atoms with Gasteiger partial charge in [-0.05, 0) is 53.8 Å². The Morgan fingerprint density at radius 3 is 2.68 bits per heavy atom. The summed E-state index contributed by atoms with van der Waals surface area (Å²) in [7, 11) is 0. The van der Waals surface area contributed by atoms with E-state index in [2.05, 4.69) is 0 Å². The second-order valence-corrected chi connectivity index (χ2v) is 6.80. The second-order valence-electron chi connectivity index (χ2n) is 5.95. The van der Waals surface area contributed by atoms with Gasteiger partial charge in [-0.15, -0.1) is 0 Å². The van der Waals surface area contributed by atoms with Crippen molar-refractivity contribution < 1.29 is 9.90 Å². The van der Waals surface area contributed by atoms with Crippen molar-refractivity contribution in [2.75, 3.05) is 0 Å². The number of pyridine rings is 1. The highest BCUT2D eigenvalue weighted by Gasteiger charge is 2.24. The normalized spacial score (nSPS) is 14.9. The quantitative estimate of drug-likeness (QED) is 0.673. The fraction of sp³-hybridized carbons (Fsp3) is 0.100. The van der Waals surface area contributed by atoms with Crippen molar-refractivity contribution in [1.82, 2.24) is 4.98 Å². The van der Waals surface area contributed by atoms with Crippen LogP contribution in [-0.4, -0.2) is 11.0 Å². The van der Waals surface area contributed by atoms with Crippen molar-refractivity contribution in [3.63, 3.8) is 0 Å². The third-order valence-corrected chi connectivity index (χ3v) is 5.00. The molecule has 124 valence electrons. The lowest BCUT2D eigenvalue weighted by Crippen LogP contribution is -2.24. The SMILES string of the molecule is O=C([O-])c1c2c(nc3ccccc13)/C(=C/c1ccc(Cl)cc1Cl)CC2. The molecule has 0 saturated carbocycles. The van der Waals surface area contributed by atoms with E-state index < -0.39 is 5.97 Å². The average molecular weight is 369 g/mol. The highest BCUT2D eigenvalue weighted by atomic mass is 35.5. The summed E-state index contributed by atoms with van der Waals surface area (Å²) < 4.78 is 0. The van der Waals surface area contributed by atoms with E-state index in [-0.39, 0.29) is 5.56 Å². The molecule has 0 atom stereocenters. The summed E-state index contributed by atoms with van der Waals surface area (Å²) in [5, 5.41) is 13.5. The van der Waals surface area contributed by atoms with Crippen molar-refractivity contribution in [3.05, 3.63) is 74.9 Å². The van der Waals surface area contributed by atoms with Crippen LogP contribution in [0.3, 0.4) is 0 Å². The first-order chi connectivity index (χ1) is 12.0. The van der Waals surface area contributed by atoms with Crippen molar-refractivity contribution in [1.29, 1.82) is 0 Å². The number of carbonyl (C=O) groups excluding carboxylic acids is 1. The molecule has 0 bridgehead atoms. The zero-order chi connectivity index (χ0) is 17.6. The van der Waals surface area contributed by atoms with Gasteiger partial charge in [0.05, 0.1) is 17.2 Å². The Morgan fingerprint density at radius 1 is 1.12 bits per heavy atom. The molecule has 4 rings (SSSR count). The van der Waals surface area contributed by atoms with E-state index in [1.807, 2.05) is 30.3 Å². The average Bonchev–Trinajstić information content (AvgIpc) is 2.97. The summed E-state index contributed by atoms with van der Waals surface area (Å²) in [5.41, 5.74) is 4.13. The van der Waals surface area contributed by atoms with Gasteiger partial charge < -0.3 is 9.90 Å². The fourth-order valence-corrected chi connectivity index (χ4v) is 3.78. The van der Waals surface area contributed by atoms with E-state index in [9.17, 15) is 9.90 Å². The predicted molar refractivity (Wildman–Crippen MR) is 98.7 cm³/mol. The van der Waals surface area contributed by atoms with Crippen molar-refractivity contribution in [2.24, 2.45) is 0 Å². The Balaban J connectivity index is 1.93. The summed E-state index contributed by atoms with van der Waals surface area (Å²) in [6.07, 6.45) is 3.27. The lowest BCUT2D eigenvalue weighted by atomic mass is 10.0. The predicted octanol–water partition coefficient (Wildman–Crippen LogP) is 4.39. The van der Waals surface area contributed by atoms with Crippen molar-refractivity contribution in [2.45, 2.75) is 12.8 Å². The van der Waals surface area contributed by atoms with Gasteiger partial charge in [0.2, 0.25) is 0 Å². The highest BCUT2D eigenvalue weighted by molar-refractivity contribution is 6.35. The Morgan fingerprint density at radius 2 is 1.92 bits per heavy atom. The number of para-hydroxylation sites is 1. The van der Waals surface area contributed by atoms with Gasteiger partial charge in [-0.2, -0.15) is 0 Å². The van der Waals surface area contributed by atoms with Crippen LogP contribution in [-0.2, 0) is 6.42 Å². The number of carbonyl (C=O) groups is 1. The van der Waals surface area contributed by atoms with Gasteiger partial charge in [0.15, 0.2) is 0 Å². The number of carboxylic acids is 1. The molecule has 1 aliphatic rings. The minimum absolute atomic E-state index is 0.242. The lowest BCUT2D eigenvalue weighted by molar-refractivity contribution is -0.254. The summed E-state index contributed by atoms with van der Waals surface area (Å²) in [5.74, 6) is -1.17. The largest absolute Gasteiger partial charge is 0.545 e. The molecule has 2 aromatic carbocycles. The van der Waals surface area contributed by atoms with Gasteiger partial charge in [0.25, 0.3) is 0 Å².